The zero-order chi connectivity index (χ0) is 12.6. The van der Waals surface area contributed by atoms with Gasteiger partial charge >= 0.3 is 0 Å². The van der Waals surface area contributed by atoms with Crippen LogP contribution < -0.4 is 0 Å². The van der Waals surface area contributed by atoms with Gasteiger partial charge in [0.2, 0.25) is 0 Å². The van der Waals surface area contributed by atoms with Crippen molar-refractivity contribution >= 4 is 22.8 Å². The number of aromatic nitrogens is 2. The van der Waals surface area contributed by atoms with E-state index in [2.05, 4.69) is 55.5 Å². The number of benzene rings is 1. The summed E-state index contributed by atoms with van der Waals surface area (Å²) in [6.45, 7) is 11.1. The maximum atomic E-state index is 4.49. The molecule has 2 rings (SSSR count). The SMILES string of the molecule is CCC(C)c1ccc(C(C)(C)C)c2nsnc12. The van der Waals surface area contributed by atoms with E-state index in [1.54, 1.807) is 0 Å². The van der Waals surface area contributed by atoms with E-state index in [1.807, 2.05) is 0 Å². The summed E-state index contributed by atoms with van der Waals surface area (Å²) in [4.78, 5) is 0. The Hall–Kier alpha value is -0.960. The second-order valence-electron chi connectivity index (χ2n) is 5.72. The number of nitrogens with zero attached hydrogens (tertiary/aromatic N) is 2. The van der Waals surface area contributed by atoms with Crippen molar-refractivity contribution in [1.29, 1.82) is 0 Å². The molecule has 0 aliphatic rings. The standard InChI is InChI=1S/C14H20N2S/c1-6-9(2)10-7-8-11(14(3,4)5)13-12(10)15-17-16-13/h7-9H,6H2,1-5H3. The van der Waals surface area contributed by atoms with Crippen LogP contribution in [-0.4, -0.2) is 8.75 Å². The zero-order valence-electron chi connectivity index (χ0n) is 11.2. The van der Waals surface area contributed by atoms with Crippen LogP contribution in [0.2, 0.25) is 0 Å². The monoisotopic (exact) mass is 248 g/mol. The fourth-order valence-corrected chi connectivity index (χ4v) is 2.69. The van der Waals surface area contributed by atoms with Gasteiger partial charge in [-0.05, 0) is 28.9 Å². The first-order valence-electron chi connectivity index (χ1n) is 6.20. The van der Waals surface area contributed by atoms with Crippen molar-refractivity contribution in [3.8, 4) is 0 Å². The minimum atomic E-state index is 0.127. The Bertz CT molecular complexity index is 522. The molecule has 2 aromatic rings. The molecule has 17 heavy (non-hydrogen) atoms. The Balaban J connectivity index is 2.67. The maximum Gasteiger partial charge on any atom is 0.108 e. The number of fused-ring (bicyclic) bond motifs is 1. The van der Waals surface area contributed by atoms with Gasteiger partial charge in [-0.25, -0.2) is 0 Å². The summed E-state index contributed by atoms with van der Waals surface area (Å²) in [5, 5.41) is 0. The molecule has 0 aliphatic heterocycles. The van der Waals surface area contributed by atoms with Gasteiger partial charge in [-0.2, -0.15) is 8.75 Å². The molecule has 0 aliphatic carbocycles. The molecule has 0 N–H and O–H groups in total. The highest BCUT2D eigenvalue weighted by Crippen LogP contribution is 2.33. The molecule has 1 aromatic heterocycles. The first kappa shape index (κ1) is 12.5. The van der Waals surface area contributed by atoms with Crippen molar-refractivity contribution in [2.45, 2.75) is 52.4 Å². The van der Waals surface area contributed by atoms with E-state index in [0.717, 1.165) is 17.5 Å². The zero-order valence-corrected chi connectivity index (χ0v) is 12.1. The van der Waals surface area contributed by atoms with Gasteiger partial charge in [-0.15, -0.1) is 0 Å². The van der Waals surface area contributed by atoms with Crippen LogP contribution in [0.5, 0.6) is 0 Å². The lowest BCUT2D eigenvalue weighted by Gasteiger charge is -2.20. The van der Waals surface area contributed by atoms with Crippen molar-refractivity contribution in [3.05, 3.63) is 23.3 Å². The minimum Gasteiger partial charge on any atom is -0.173 e. The predicted octanol–water partition coefficient (Wildman–Crippen LogP) is 4.50. The van der Waals surface area contributed by atoms with Crippen molar-refractivity contribution in [2.75, 3.05) is 0 Å². The fourth-order valence-electron chi connectivity index (χ4n) is 2.11. The number of hydrogen-bond acceptors (Lipinski definition) is 3. The normalized spacial score (nSPS) is 14.2. The Labute approximate surface area is 107 Å². The van der Waals surface area contributed by atoms with Gasteiger partial charge in [0, 0.05) is 0 Å². The van der Waals surface area contributed by atoms with Crippen molar-refractivity contribution in [1.82, 2.24) is 8.75 Å². The van der Waals surface area contributed by atoms with E-state index >= 15 is 0 Å². The highest BCUT2D eigenvalue weighted by molar-refractivity contribution is 7.00. The Kier molecular flexibility index (Phi) is 3.21. The second-order valence-corrected chi connectivity index (χ2v) is 6.25. The highest BCUT2D eigenvalue weighted by atomic mass is 32.1. The number of rotatable bonds is 2. The summed E-state index contributed by atoms with van der Waals surface area (Å²) < 4.78 is 8.99. The van der Waals surface area contributed by atoms with Gasteiger partial charge in [-0.3, -0.25) is 0 Å². The van der Waals surface area contributed by atoms with E-state index in [-0.39, 0.29) is 5.41 Å². The molecule has 0 fully saturated rings. The number of hydrogen-bond donors (Lipinski definition) is 0. The molecule has 0 amide bonds. The molecule has 0 saturated heterocycles. The molecule has 0 saturated carbocycles. The van der Waals surface area contributed by atoms with Crippen LogP contribution in [0.3, 0.4) is 0 Å². The fraction of sp³-hybridized carbons (Fsp3) is 0.571. The predicted molar refractivity (Wildman–Crippen MR) is 74.8 cm³/mol. The van der Waals surface area contributed by atoms with Crippen molar-refractivity contribution in [2.24, 2.45) is 0 Å². The van der Waals surface area contributed by atoms with Gasteiger partial charge in [0.1, 0.15) is 11.0 Å². The van der Waals surface area contributed by atoms with Crippen LogP contribution in [0.1, 0.15) is 58.1 Å². The Morgan fingerprint density at radius 1 is 1.18 bits per heavy atom. The van der Waals surface area contributed by atoms with E-state index in [1.165, 1.54) is 22.9 Å². The van der Waals surface area contributed by atoms with Gasteiger partial charge in [0.25, 0.3) is 0 Å². The van der Waals surface area contributed by atoms with Crippen LogP contribution in [0, 0.1) is 0 Å². The van der Waals surface area contributed by atoms with E-state index in [9.17, 15) is 0 Å². The summed E-state index contributed by atoms with van der Waals surface area (Å²) in [5.41, 5.74) is 4.97. The first-order chi connectivity index (χ1) is 7.95. The van der Waals surface area contributed by atoms with Crippen LogP contribution in [0.25, 0.3) is 11.0 Å². The third-order valence-electron chi connectivity index (χ3n) is 3.40. The largest absolute Gasteiger partial charge is 0.173 e. The topological polar surface area (TPSA) is 25.8 Å². The average Bonchev–Trinajstić information content (AvgIpc) is 2.73. The molecule has 1 unspecified atom stereocenters. The molecule has 1 aromatic carbocycles. The molecule has 1 atom stereocenters. The third-order valence-corrected chi connectivity index (χ3v) is 3.93. The summed E-state index contributed by atoms with van der Waals surface area (Å²) in [6, 6.07) is 4.46. The Morgan fingerprint density at radius 3 is 2.41 bits per heavy atom. The Morgan fingerprint density at radius 2 is 1.82 bits per heavy atom. The molecular formula is C14H20N2S. The van der Waals surface area contributed by atoms with E-state index in [0.29, 0.717) is 5.92 Å². The van der Waals surface area contributed by atoms with Gasteiger partial charge in [0.15, 0.2) is 0 Å². The minimum absolute atomic E-state index is 0.127. The first-order valence-corrected chi connectivity index (χ1v) is 6.93. The summed E-state index contributed by atoms with van der Waals surface area (Å²) >= 11 is 1.33. The second kappa shape index (κ2) is 4.37. The van der Waals surface area contributed by atoms with Gasteiger partial charge in [0.05, 0.1) is 11.7 Å². The molecule has 2 nitrogen and oxygen atoms in total. The molecule has 1 heterocycles. The molecule has 0 bridgehead atoms. The molecule has 0 spiro atoms. The molecule has 92 valence electrons. The van der Waals surface area contributed by atoms with Crippen LogP contribution in [0.4, 0.5) is 0 Å². The average molecular weight is 248 g/mol. The van der Waals surface area contributed by atoms with E-state index in [4.69, 9.17) is 0 Å². The van der Waals surface area contributed by atoms with E-state index < -0.39 is 0 Å². The lowest BCUT2D eigenvalue weighted by atomic mass is 9.84. The highest BCUT2D eigenvalue weighted by Gasteiger charge is 2.21. The molecule has 0 radical (unpaired) electrons. The summed E-state index contributed by atoms with van der Waals surface area (Å²) in [5.74, 6) is 0.551. The smallest absolute Gasteiger partial charge is 0.108 e. The lowest BCUT2D eigenvalue weighted by molar-refractivity contribution is 0.594. The lowest BCUT2D eigenvalue weighted by Crippen LogP contribution is -2.12. The summed E-state index contributed by atoms with van der Waals surface area (Å²) in [6.07, 6.45) is 1.14. The van der Waals surface area contributed by atoms with Crippen LogP contribution in [-0.2, 0) is 5.41 Å². The van der Waals surface area contributed by atoms with Crippen molar-refractivity contribution < 1.29 is 0 Å². The maximum absolute atomic E-state index is 4.49. The third kappa shape index (κ3) is 2.21. The summed E-state index contributed by atoms with van der Waals surface area (Å²) in [7, 11) is 0. The van der Waals surface area contributed by atoms with Crippen LogP contribution >= 0.6 is 11.7 Å². The van der Waals surface area contributed by atoms with Gasteiger partial charge in [-0.1, -0.05) is 46.8 Å². The molecule has 3 heteroatoms. The van der Waals surface area contributed by atoms with Gasteiger partial charge < -0.3 is 0 Å². The van der Waals surface area contributed by atoms with Crippen molar-refractivity contribution in [3.63, 3.8) is 0 Å². The quantitative estimate of drug-likeness (QED) is 0.782. The molecular weight excluding hydrogens is 228 g/mol. The van der Waals surface area contributed by atoms with Crippen LogP contribution in [0.15, 0.2) is 12.1 Å².